The predicted molar refractivity (Wildman–Crippen MR) is 103 cm³/mol. The number of methoxy groups -OCH3 is 1. The Hall–Kier alpha value is -1.75. The van der Waals surface area contributed by atoms with E-state index in [4.69, 9.17) is 4.74 Å². The molecule has 0 unspecified atom stereocenters. The Labute approximate surface area is 151 Å². The molecule has 1 N–H and O–H groups in total. The van der Waals surface area contributed by atoms with Crippen molar-refractivity contribution in [2.75, 3.05) is 13.7 Å². The molecule has 3 atom stereocenters. The zero-order valence-corrected chi connectivity index (χ0v) is 16.4. The molecule has 0 aromatic heterocycles. The highest BCUT2D eigenvalue weighted by Gasteiger charge is 2.45. The molecule has 0 spiro atoms. The summed E-state index contributed by atoms with van der Waals surface area (Å²) >= 11 is 0. The van der Waals surface area contributed by atoms with Crippen LogP contribution in [0.15, 0.2) is 42.2 Å². The van der Waals surface area contributed by atoms with Crippen molar-refractivity contribution in [2.24, 2.45) is 11.8 Å². The van der Waals surface area contributed by atoms with E-state index in [1.165, 1.54) is 12.3 Å². The highest BCUT2D eigenvalue weighted by atomic mass is 28.3. The summed E-state index contributed by atoms with van der Waals surface area (Å²) < 4.78 is 4.96. The van der Waals surface area contributed by atoms with Gasteiger partial charge >= 0.3 is 6.09 Å². The fraction of sp³-hybridized carbons (Fsp3) is 0.550. The molecule has 3 rings (SSSR count). The van der Waals surface area contributed by atoms with E-state index in [0.717, 1.165) is 25.3 Å². The summed E-state index contributed by atoms with van der Waals surface area (Å²) in [5.41, 5.74) is 0. The van der Waals surface area contributed by atoms with Gasteiger partial charge in [0.05, 0.1) is 20.9 Å². The first kappa shape index (κ1) is 18.1. The van der Waals surface area contributed by atoms with E-state index in [0.29, 0.717) is 18.2 Å². The Kier molecular flexibility index (Phi) is 5.23. The SMILES string of the molecule is COC(=O)N1CC=C(O)[C@H]2[C@H](C[Si](C)(C)c3ccccc3)CCC[C@H]21. The van der Waals surface area contributed by atoms with Gasteiger partial charge in [0.1, 0.15) is 0 Å². The van der Waals surface area contributed by atoms with Crippen LogP contribution in [-0.4, -0.2) is 43.9 Å². The minimum Gasteiger partial charge on any atom is -0.512 e. The maximum atomic E-state index is 12.1. The lowest BCUT2D eigenvalue weighted by Crippen LogP contribution is -2.53. The Morgan fingerprint density at radius 2 is 2.00 bits per heavy atom. The van der Waals surface area contributed by atoms with E-state index >= 15 is 0 Å². The van der Waals surface area contributed by atoms with Crippen molar-refractivity contribution in [3.63, 3.8) is 0 Å². The second-order valence-electron chi connectivity index (χ2n) is 7.99. The number of rotatable bonds is 3. The molecule has 0 radical (unpaired) electrons. The Balaban J connectivity index is 1.83. The fourth-order valence-electron chi connectivity index (χ4n) is 4.73. The van der Waals surface area contributed by atoms with E-state index in [-0.39, 0.29) is 18.1 Å². The standard InChI is InChI=1S/C20H29NO3Si/c1-24-20(23)21-13-12-18(22)19-15(8-7-11-17(19)21)14-25(2,3)16-9-5-4-6-10-16/h4-6,9-10,12,15,17,19,22H,7-8,11,13-14H2,1-3H3/t15-,17+,19-/m0/s1. The molecule has 1 aliphatic heterocycles. The number of aliphatic hydroxyl groups is 1. The van der Waals surface area contributed by atoms with Gasteiger partial charge in [0.15, 0.2) is 0 Å². The number of fused-ring (bicyclic) bond motifs is 1. The first-order chi connectivity index (χ1) is 11.9. The van der Waals surface area contributed by atoms with Crippen LogP contribution in [0.3, 0.4) is 0 Å². The summed E-state index contributed by atoms with van der Waals surface area (Å²) in [4.78, 5) is 13.9. The Bertz CT molecular complexity index is 644. The number of hydrogen-bond acceptors (Lipinski definition) is 3. The van der Waals surface area contributed by atoms with E-state index in [2.05, 4.69) is 43.4 Å². The van der Waals surface area contributed by atoms with Crippen LogP contribution in [0.25, 0.3) is 0 Å². The number of carbonyl (C=O) groups is 1. The maximum Gasteiger partial charge on any atom is 0.410 e. The number of carbonyl (C=O) groups excluding carboxylic acids is 1. The lowest BCUT2D eigenvalue weighted by atomic mass is 9.73. The molecular formula is C20H29NO3Si. The summed E-state index contributed by atoms with van der Waals surface area (Å²) in [5, 5.41) is 12.1. The minimum absolute atomic E-state index is 0.0529. The second kappa shape index (κ2) is 7.24. The quantitative estimate of drug-likeness (QED) is 0.833. The van der Waals surface area contributed by atoms with Gasteiger partial charge in [-0.2, -0.15) is 0 Å². The van der Waals surface area contributed by atoms with Gasteiger partial charge in [0.25, 0.3) is 0 Å². The molecule has 0 bridgehead atoms. The first-order valence-electron chi connectivity index (χ1n) is 9.23. The maximum absolute atomic E-state index is 12.1. The summed E-state index contributed by atoms with van der Waals surface area (Å²) in [6, 6.07) is 12.0. The summed E-state index contributed by atoms with van der Waals surface area (Å²) in [5.74, 6) is 0.953. The van der Waals surface area contributed by atoms with Crippen LogP contribution in [0.5, 0.6) is 0 Å². The van der Waals surface area contributed by atoms with Crippen LogP contribution in [0.1, 0.15) is 19.3 Å². The summed E-state index contributed by atoms with van der Waals surface area (Å²) in [7, 11) is -0.171. The van der Waals surface area contributed by atoms with Crippen LogP contribution >= 0.6 is 0 Å². The number of hydrogen-bond donors (Lipinski definition) is 1. The fourth-order valence-corrected chi connectivity index (χ4v) is 7.83. The molecule has 1 heterocycles. The monoisotopic (exact) mass is 359 g/mol. The number of nitrogens with zero attached hydrogens (tertiary/aromatic N) is 1. The number of ether oxygens (including phenoxy) is 1. The lowest BCUT2D eigenvalue weighted by molar-refractivity contribution is 0.0478. The third kappa shape index (κ3) is 3.61. The lowest BCUT2D eigenvalue weighted by Gasteiger charge is -2.46. The van der Waals surface area contributed by atoms with Crippen LogP contribution in [0.2, 0.25) is 19.1 Å². The highest BCUT2D eigenvalue weighted by molar-refractivity contribution is 6.89. The van der Waals surface area contributed by atoms with Gasteiger partial charge in [-0.3, -0.25) is 0 Å². The van der Waals surface area contributed by atoms with Crippen molar-refractivity contribution in [3.8, 4) is 0 Å². The van der Waals surface area contributed by atoms with Crippen LogP contribution in [-0.2, 0) is 4.74 Å². The van der Waals surface area contributed by atoms with Gasteiger partial charge in [0, 0.05) is 18.5 Å². The van der Waals surface area contributed by atoms with E-state index in [1.807, 2.05) is 0 Å². The molecule has 2 aliphatic rings. The molecule has 0 saturated heterocycles. The summed E-state index contributed by atoms with van der Waals surface area (Å²) in [6.45, 7) is 5.27. The highest BCUT2D eigenvalue weighted by Crippen LogP contribution is 2.43. The molecule has 1 aromatic rings. The molecule has 1 amide bonds. The van der Waals surface area contributed by atoms with Gasteiger partial charge in [-0.15, -0.1) is 0 Å². The van der Waals surface area contributed by atoms with Crippen LogP contribution in [0, 0.1) is 11.8 Å². The second-order valence-corrected chi connectivity index (χ2v) is 12.7. The molecule has 1 fully saturated rings. The zero-order valence-electron chi connectivity index (χ0n) is 15.4. The number of benzene rings is 1. The van der Waals surface area contributed by atoms with Gasteiger partial charge in [-0.25, -0.2) is 4.79 Å². The Morgan fingerprint density at radius 3 is 2.68 bits per heavy atom. The van der Waals surface area contributed by atoms with Crippen molar-refractivity contribution in [3.05, 3.63) is 42.2 Å². The van der Waals surface area contributed by atoms with E-state index in [1.54, 1.807) is 11.0 Å². The van der Waals surface area contributed by atoms with Gasteiger partial charge in [-0.05, 0) is 30.9 Å². The topological polar surface area (TPSA) is 49.8 Å². The van der Waals surface area contributed by atoms with Gasteiger partial charge in [0.2, 0.25) is 0 Å². The van der Waals surface area contributed by atoms with Crippen molar-refractivity contribution in [1.29, 1.82) is 0 Å². The third-order valence-corrected chi connectivity index (χ3v) is 9.41. The van der Waals surface area contributed by atoms with Crippen molar-refractivity contribution >= 4 is 19.4 Å². The van der Waals surface area contributed by atoms with Crippen molar-refractivity contribution in [2.45, 2.75) is 44.4 Å². The van der Waals surface area contributed by atoms with E-state index < -0.39 is 8.07 Å². The number of amides is 1. The van der Waals surface area contributed by atoms with Crippen LogP contribution < -0.4 is 5.19 Å². The van der Waals surface area contributed by atoms with Crippen molar-refractivity contribution < 1.29 is 14.6 Å². The molecule has 1 saturated carbocycles. The molecule has 1 aliphatic carbocycles. The van der Waals surface area contributed by atoms with Crippen LogP contribution in [0.4, 0.5) is 4.79 Å². The molecule has 25 heavy (non-hydrogen) atoms. The molecule has 5 heteroatoms. The Morgan fingerprint density at radius 1 is 1.28 bits per heavy atom. The molecule has 1 aromatic carbocycles. The smallest absolute Gasteiger partial charge is 0.410 e. The molecule has 136 valence electrons. The minimum atomic E-state index is -1.60. The first-order valence-corrected chi connectivity index (χ1v) is 12.4. The van der Waals surface area contributed by atoms with Crippen molar-refractivity contribution in [1.82, 2.24) is 4.90 Å². The largest absolute Gasteiger partial charge is 0.512 e. The third-order valence-electron chi connectivity index (χ3n) is 5.97. The average Bonchev–Trinajstić information content (AvgIpc) is 2.62. The normalized spacial score (nSPS) is 26.6. The molecular weight excluding hydrogens is 330 g/mol. The number of aliphatic hydroxyl groups excluding tert-OH is 1. The predicted octanol–water partition coefficient (Wildman–Crippen LogP) is 3.91. The molecule has 4 nitrogen and oxygen atoms in total. The van der Waals surface area contributed by atoms with Gasteiger partial charge in [-0.1, -0.05) is 55.0 Å². The van der Waals surface area contributed by atoms with E-state index in [9.17, 15) is 9.90 Å². The van der Waals surface area contributed by atoms with Gasteiger partial charge < -0.3 is 14.7 Å². The zero-order chi connectivity index (χ0) is 18.0. The summed E-state index contributed by atoms with van der Waals surface area (Å²) in [6.07, 6.45) is 4.69. The average molecular weight is 360 g/mol.